The van der Waals surface area contributed by atoms with E-state index >= 15 is 0 Å². The zero-order valence-corrected chi connectivity index (χ0v) is 16.5. The molecule has 0 saturated heterocycles. The SMILES string of the molecule is COC(=O)CCCCCOc1ccc([N+](=O)[O-])c(Nc2cc(C)cc(C)c2)c1. The van der Waals surface area contributed by atoms with Crippen molar-refractivity contribution in [1.82, 2.24) is 0 Å². The fourth-order valence-corrected chi connectivity index (χ4v) is 2.91. The summed E-state index contributed by atoms with van der Waals surface area (Å²) < 4.78 is 10.3. The van der Waals surface area contributed by atoms with Crippen LogP contribution in [0.3, 0.4) is 0 Å². The van der Waals surface area contributed by atoms with Gasteiger partial charge in [0.2, 0.25) is 0 Å². The van der Waals surface area contributed by atoms with Crippen molar-refractivity contribution in [3.05, 3.63) is 57.6 Å². The molecule has 0 unspecified atom stereocenters. The predicted molar refractivity (Wildman–Crippen MR) is 108 cm³/mol. The predicted octanol–water partition coefficient (Wildman–Crippen LogP) is 5.07. The number of nitro groups is 1. The molecule has 0 saturated carbocycles. The summed E-state index contributed by atoms with van der Waals surface area (Å²) >= 11 is 0. The van der Waals surface area contributed by atoms with Crippen molar-refractivity contribution < 1.29 is 19.2 Å². The number of esters is 1. The maximum absolute atomic E-state index is 11.4. The van der Waals surface area contributed by atoms with E-state index in [-0.39, 0.29) is 11.7 Å². The number of anilines is 2. The molecular formula is C21H26N2O5. The van der Waals surface area contributed by atoms with Crippen molar-refractivity contribution in [3.8, 4) is 5.75 Å². The minimum atomic E-state index is -0.415. The lowest BCUT2D eigenvalue weighted by molar-refractivity contribution is -0.383. The maximum Gasteiger partial charge on any atom is 0.305 e. The second kappa shape index (κ2) is 10.3. The number of rotatable bonds is 10. The van der Waals surface area contributed by atoms with Gasteiger partial charge in [0.25, 0.3) is 5.69 Å². The average molecular weight is 386 g/mol. The van der Waals surface area contributed by atoms with E-state index in [0.717, 1.165) is 36.1 Å². The molecule has 2 rings (SSSR count). The molecule has 0 aliphatic heterocycles. The molecule has 28 heavy (non-hydrogen) atoms. The molecule has 0 radical (unpaired) electrons. The lowest BCUT2D eigenvalue weighted by Gasteiger charge is -2.12. The quantitative estimate of drug-likeness (QED) is 0.265. The first-order valence-corrected chi connectivity index (χ1v) is 9.22. The van der Waals surface area contributed by atoms with E-state index in [1.165, 1.54) is 13.2 Å². The highest BCUT2D eigenvalue weighted by atomic mass is 16.6. The summed E-state index contributed by atoms with van der Waals surface area (Å²) in [6.07, 6.45) is 2.78. The third-order valence-corrected chi connectivity index (χ3v) is 4.19. The lowest BCUT2D eigenvalue weighted by Crippen LogP contribution is -2.02. The largest absolute Gasteiger partial charge is 0.494 e. The van der Waals surface area contributed by atoms with Crippen molar-refractivity contribution in [2.75, 3.05) is 19.0 Å². The first-order chi connectivity index (χ1) is 13.4. The summed E-state index contributed by atoms with van der Waals surface area (Å²) in [5.74, 6) is 0.351. The van der Waals surface area contributed by atoms with Crippen LogP contribution in [0.5, 0.6) is 5.75 Å². The third kappa shape index (κ3) is 6.57. The van der Waals surface area contributed by atoms with Crippen LogP contribution >= 0.6 is 0 Å². The molecular weight excluding hydrogens is 360 g/mol. The highest BCUT2D eigenvalue weighted by molar-refractivity contribution is 5.71. The number of ether oxygens (including phenoxy) is 2. The van der Waals surface area contributed by atoms with Gasteiger partial charge in [-0.3, -0.25) is 14.9 Å². The van der Waals surface area contributed by atoms with Crippen LogP contribution in [0.2, 0.25) is 0 Å². The Labute approximate surface area is 164 Å². The van der Waals surface area contributed by atoms with Gasteiger partial charge in [0.05, 0.1) is 18.6 Å². The van der Waals surface area contributed by atoms with Gasteiger partial charge in [-0.1, -0.05) is 6.07 Å². The number of nitro benzene ring substituents is 1. The van der Waals surface area contributed by atoms with E-state index in [1.54, 1.807) is 12.1 Å². The number of aryl methyl sites for hydroxylation is 2. The van der Waals surface area contributed by atoms with Crippen LogP contribution in [0.15, 0.2) is 36.4 Å². The van der Waals surface area contributed by atoms with Crippen molar-refractivity contribution in [2.24, 2.45) is 0 Å². The zero-order valence-electron chi connectivity index (χ0n) is 16.5. The van der Waals surface area contributed by atoms with E-state index in [9.17, 15) is 14.9 Å². The molecule has 0 bridgehead atoms. The van der Waals surface area contributed by atoms with Crippen molar-refractivity contribution >= 4 is 23.0 Å². The van der Waals surface area contributed by atoms with Gasteiger partial charge in [0.1, 0.15) is 11.4 Å². The standard InChI is InChI=1S/C21H26N2O5/c1-15-11-16(2)13-17(12-15)22-19-14-18(8-9-20(19)23(25)26)28-10-6-4-5-7-21(24)27-3/h8-9,11-14,22H,4-7,10H2,1-3H3. The molecule has 1 N–H and O–H groups in total. The van der Waals surface area contributed by atoms with Crippen LogP contribution in [0.25, 0.3) is 0 Å². The first kappa shape index (κ1) is 21.2. The smallest absolute Gasteiger partial charge is 0.305 e. The first-order valence-electron chi connectivity index (χ1n) is 9.22. The van der Waals surface area contributed by atoms with E-state index < -0.39 is 4.92 Å². The zero-order chi connectivity index (χ0) is 20.5. The molecule has 0 heterocycles. The van der Waals surface area contributed by atoms with Gasteiger partial charge in [-0.15, -0.1) is 0 Å². The number of nitrogens with one attached hydrogen (secondary N) is 1. The number of benzene rings is 2. The molecule has 2 aromatic carbocycles. The second-order valence-corrected chi connectivity index (χ2v) is 6.67. The Bertz CT molecular complexity index is 815. The Kier molecular flexibility index (Phi) is 7.80. The summed E-state index contributed by atoms with van der Waals surface area (Å²) in [5.41, 5.74) is 3.32. The summed E-state index contributed by atoms with van der Waals surface area (Å²) in [6.45, 7) is 4.43. The number of carbonyl (C=O) groups excluding carboxylic acids is 1. The average Bonchev–Trinajstić information content (AvgIpc) is 2.63. The van der Waals surface area contributed by atoms with Gasteiger partial charge < -0.3 is 14.8 Å². The van der Waals surface area contributed by atoms with E-state index in [1.807, 2.05) is 32.0 Å². The highest BCUT2D eigenvalue weighted by Crippen LogP contribution is 2.32. The second-order valence-electron chi connectivity index (χ2n) is 6.67. The third-order valence-electron chi connectivity index (χ3n) is 4.19. The molecule has 0 aromatic heterocycles. The molecule has 0 aliphatic carbocycles. The summed E-state index contributed by atoms with van der Waals surface area (Å²) in [6, 6.07) is 10.6. The topological polar surface area (TPSA) is 90.7 Å². The highest BCUT2D eigenvalue weighted by Gasteiger charge is 2.15. The Balaban J connectivity index is 2.00. The van der Waals surface area contributed by atoms with E-state index in [0.29, 0.717) is 24.5 Å². The van der Waals surface area contributed by atoms with Crippen LogP contribution in [0.1, 0.15) is 36.8 Å². The fourth-order valence-electron chi connectivity index (χ4n) is 2.91. The van der Waals surface area contributed by atoms with Gasteiger partial charge in [0, 0.05) is 24.2 Å². The summed E-state index contributed by atoms with van der Waals surface area (Å²) in [5, 5.41) is 14.5. The Morgan fingerprint density at radius 3 is 2.43 bits per heavy atom. The van der Waals surface area contributed by atoms with Gasteiger partial charge >= 0.3 is 5.97 Å². The van der Waals surface area contributed by atoms with Crippen molar-refractivity contribution in [3.63, 3.8) is 0 Å². The Morgan fingerprint density at radius 2 is 1.79 bits per heavy atom. The molecule has 0 aliphatic rings. The van der Waals surface area contributed by atoms with Gasteiger partial charge in [-0.25, -0.2) is 0 Å². The number of unbranched alkanes of at least 4 members (excludes halogenated alkanes) is 2. The molecule has 0 fully saturated rings. The van der Waals surface area contributed by atoms with Crippen LogP contribution in [0, 0.1) is 24.0 Å². The van der Waals surface area contributed by atoms with Crippen molar-refractivity contribution in [1.29, 1.82) is 0 Å². The number of carbonyl (C=O) groups is 1. The molecule has 7 nitrogen and oxygen atoms in total. The van der Waals surface area contributed by atoms with Crippen LogP contribution in [-0.4, -0.2) is 24.6 Å². The van der Waals surface area contributed by atoms with Gasteiger partial charge in [-0.2, -0.15) is 0 Å². The fraction of sp³-hybridized carbons (Fsp3) is 0.381. The van der Waals surface area contributed by atoms with Gasteiger partial charge in [0.15, 0.2) is 0 Å². The van der Waals surface area contributed by atoms with E-state index in [2.05, 4.69) is 10.1 Å². The molecule has 2 aromatic rings. The Morgan fingerprint density at radius 1 is 1.07 bits per heavy atom. The lowest BCUT2D eigenvalue weighted by atomic mass is 10.1. The number of methoxy groups -OCH3 is 1. The van der Waals surface area contributed by atoms with Crippen LogP contribution < -0.4 is 10.1 Å². The molecule has 0 atom stereocenters. The number of hydrogen-bond donors (Lipinski definition) is 1. The van der Waals surface area contributed by atoms with Gasteiger partial charge in [-0.05, 0) is 62.4 Å². The molecule has 7 heteroatoms. The van der Waals surface area contributed by atoms with Crippen LogP contribution in [-0.2, 0) is 9.53 Å². The minimum absolute atomic E-state index is 0.00964. The monoisotopic (exact) mass is 386 g/mol. The molecule has 0 spiro atoms. The Hall–Kier alpha value is -3.09. The summed E-state index contributed by atoms with van der Waals surface area (Å²) in [4.78, 5) is 22.0. The minimum Gasteiger partial charge on any atom is -0.494 e. The summed E-state index contributed by atoms with van der Waals surface area (Å²) in [7, 11) is 1.38. The van der Waals surface area contributed by atoms with Crippen molar-refractivity contribution in [2.45, 2.75) is 39.5 Å². The maximum atomic E-state index is 11.4. The van der Waals surface area contributed by atoms with E-state index in [4.69, 9.17) is 4.74 Å². The normalized spacial score (nSPS) is 10.4. The van der Waals surface area contributed by atoms with Crippen LogP contribution in [0.4, 0.5) is 17.1 Å². The molecule has 0 amide bonds. The number of nitrogens with zero attached hydrogens (tertiary/aromatic N) is 1. The number of hydrogen-bond acceptors (Lipinski definition) is 6. The molecule has 150 valence electrons.